The van der Waals surface area contributed by atoms with Gasteiger partial charge >= 0.3 is 0 Å². The van der Waals surface area contributed by atoms with Gasteiger partial charge in [-0.05, 0) is 55.7 Å². The van der Waals surface area contributed by atoms with Crippen LogP contribution in [0.3, 0.4) is 0 Å². The first-order chi connectivity index (χ1) is 15.4. The molecule has 2 heterocycles. The number of fused-ring (bicyclic) bond motifs is 2. The molecule has 0 spiro atoms. The summed E-state index contributed by atoms with van der Waals surface area (Å²) in [6.07, 6.45) is 1.69. The summed E-state index contributed by atoms with van der Waals surface area (Å²) >= 11 is 0. The van der Waals surface area contributed by atoms with Gasteiger partial charge in [0, 0.05) is 25.4 Å². The summed E-state index contributed by atoms with van der Waals surface area (Å²) in [6, 6.07) is 13.3. The number of likely N-dealkylation sites (N-methyl/N-ethyl adjacent to an activating group) is 1. The van der Waals surface area contributed by atoms with Crippen molar-refractivity contribution in [3.63, 3.8) is 0 Å². The van der Waals surface area contributed by atoms with Gasteiger partial charge in [0.1, 0.15) is 11.6 Å². The van der Waals surface area contributed by atoms with E-state index in [0.29, 0.717) is 22.8 Å². The monoisotopic (exact) mass is 434 g/mol. The number of anilines is 1. The van der Waals surface area contributed by atoms with E-state index in [2.05, 4.69) is 5.10 Å². The molecule has 0 saturated heterocycles. The summed E-state index contributed by atoms with van der Waals surface area (Å²) in [5, 5.41) is 4.65. The molecule has 0 bridgehead atoms. The molecular weight excluding hydrogens is 411 g/mol. The minimum absolute atomic E-state index is 0.102. The van der Waals surface area contributed by atoms with E-state index in [1.54, 1.807) is 47.9 Å². The number of ether oxygens (including phenoxy) is 1. The number of hydrogen-bond donors (Lipinski definition) is 0. The Labute approximate surface area is 185 Å². The molecule has 1 atom stereocenters. The molecule has 3 aromatic rings. The molecule has 5 rings (SSSR count). The van der Waals surface area contributed by atoms with Crippen LogP contribution in [0.15, 0.2) is 48.5 Å². The minimum atomic E-state index is -0.795. The van der Waals surface area contributed by atoms with Crippen LogP contribution in [0, 0.1) is 5.82 Å². The van der Waals surface area contributed by atoms with E-state index < -0.39 is 6.10 Å². The SMILES string of the molecule is CN(C)C(=O)C1CN(C(=O)c2nn(-c3ccc(F)cc3)c3c2CCC3)c2ccccc2O1. The van der Waals surface area contributed by atoms with Gasteiger partial charge in [-0.3, -0.25) is 14.5 Å². The lowest BCUT2D eigenvalue weighted by Crippen LogP contribution is -2.50. The molecule has 2 aliphatic rings. The van der Waals surface area contributed by atoms with E-state index in [0.717, 1.165) is 30.5 Å². The number of carbonyl (C=O) groups excluding carboxylic acids is 2. The lowest BCUT2D eigenvalue weighted by molar-refractivity contribution is -0.135. The highest BCUT2D eigenvalue weighted by Crippen LogP contribution is 2.36. The first-order valence-corrected chi connectivity index (χ1v) is 10.6. The molecule has 7 nitrogen and oxygen atoms in total. The maximum absolute atomic E-state index is 13.8. The molecule has 2 aromatic carbocycles. The summed E-state index contributed by atoms with van der Waals surface area (Å²) in [5.74, 6) is -0.312. The summed E-state index contributed by atoms with van der Waals surface area (Å²) in [4.78, 5) is 29.4. The van der Waals surface area contributed by atoms with Gasteiger partial charge in [-0.15, -0.1) is 0 Å². The maximum Gasteiger partial charge on any atom is 0.279 e. The van der Waals surface area contributed by atoms with E-state index in [1.165, 1.54) is 17.0 Å². The Balaban J connectivity index is 1.56. The Morgan fingerprint density at radius 2 is 1.84 bits per heavy atom. The molecular formula is C24H23FN4O3. The standard InChI is InChI=1S/C24H23FN4O3/c1-27(2)23(30)21-14-28(19-7-3-4-9-20(19)32-21)24(31)22-17-6-5-8-18(17)29(26-22)16-12-10-15(25)11-13-16/h3-4,7,9-13,21H,5-6,8,14H2,1-2H3. The van der Waals surface area contributed by atoms with Gasteiger partial charge in [0.25, 0.3) is 11.8 Å². The van der Waals surface area contributed by atoms with Crippen molar-refractivity contribution < 1.29 is 18.7 Å². The van der Waals surface area contributed by atoms with Crippen LogP contribution >= 0.6 is 0 Å². The van der Waals surface area contributed by atoms with Crippen LogP contribution in [0.25, 0.3) is 5.69 Å². The van der Waals surface area contributed by atoms with Crippen molar-refractivity contribution in [1.29, 1.82) is 0 Å². The Morgan fingerprint density at radius 1 is 1.09 bits per heavy atom. The second-order valence-electron chi connectivity index (χ2n) is 8.24. The first kappa shape index (κ1) is 20.2. The third kappa shape index (κ3) is 3.32. The van der Waals surface area contributed by atoms with Crippen LogP contribution in [-0.2, 0) is 17.6 Å². The molecule has 0 saturated carbocycles. The van der Waals surface area contributed by atoms with E-state index in [-0.39, 0.29) is 24.2 Å². The lowest BCUT2D eigenvalue weighted by Gasteiger charge is -2.34. The summed E-state index contributed by atoms with van der Waals surface area (Å²) in [5.41, 5.74) is 3.59. The molecule has 32 heavy (non-hydrogen) atoms. The average Bonchev–Trinajstić information content (AvgIpc) is 3.41. The Bertz CT molecular complexity index is 1200. The zero-order valence-corrected chi connectivity index (χ0v) is 17.9. The van der Waals surface area contributed by atoms with Gasteiger partial charge < -0.3 is 9.64 Å². The van der Waals surface area contributed by atoms with E-state index in [1.807, 2.05) is 12.1 Å². The molecule has 0 fully saturated rings. The number of para-hydroxylation sites is 2. The number of nitrogens with zero attached hydrogens (tertiary/aromatic N) is 4. The number of halogens is 1. The lowest BCUT2D eigenvalue weighted by atomic mass is 10.1. The number of amides is 2. The average molecular weight is 434 g/mol. The first-order valence-electron chi connectivity index (χ1n) is 10.6. The number of benzene rings is 2. The van der Waals surface area contributed by atoms with Crippen molar-refractivity contribution in [2.75, 3.05) is 25.5 Å². The second kappa shape index (κ2) is 7.78. The van der Waals surface area contributed by atoms with Crippen LogP contribution < -0.4 is 9.64 Å². The van der Waals surface area contributed by atoms with Gasteiger partial charge in [0.2, 0.25) is 0 Å². The number of hydrogen-bond acceptors (Lipinski definition) is 4. The number of rotatable bonds is 3. The Morgan fingerprint density at radius 3 is 2.59 bits per heavy atom. The Kier molecular flexibility index (Phi) is 4.92. The number of aromatic nitrogens is 2. The van der Waals surface area contributed by atoms with Crippen molar-refractivity contribution in [3.05, 3.63) is 71.3 Å². The normalized spacial score (nSPS) is 16.8. The quantitative estimate of drug-likeness (QED) is 0.636. The van der Waals surface area contributed by atoms with Crippen LogP contribution in [-0.4, -0.2) is 53.2 Å². The largest absolute Gasteiger partial charge is 0.476 e. The van der Waals surface area contributed by atoms with E-state index in [4.69, 9.17) is 4.74 Å². The topological polar surface area (TPSA) is 67.7 Å². The zero-order chi connectivity index (χ0) is 22.4. The molecule has 1 unspecified atom stereocenters. The second-order valence-corrected chi connectivity index (χ2v) is 8.24. The molecule has 1 aromatic heterocycles. The molecule has 1 aliphatic heterocycles. The highest BCUT2D eigenvalue weighted by Gasteiger charge is 2.37. The Hall–Kier alpha value is -3.68. The highest BCUT2D eigenvalue weighted by atomic mass is 19.1. The summed E-state index contributed by atoms with van der Waals surface area (Å²) in [6.45, 7) is 0.102. The fourth-order valence-electron chi connectivity index (χ4n) is 4.38. The molecule has 164 valence electrons. The van der Waals surface area contributed by atoms with Crippen LogP contribution in [0.1, 0.15) is 28.2 Å². The maximum atomic E-state index is 13.8. The van der Waals surface area contributed by atoms with Gasteiger partial charge in [0.05, 0.1) is 17.9 Å². The van der Waals surface area contributed by atoms with Crippen LogP contribution in [0.5, 0.6) is 5.75 Å². The van der Waals surface area contributed by atoms with Crippen LogP contribution in [0.2, 0.25) is 0 Å². The van der Waals surface area contributed by atoms with Gasteiger partial charge in [-0.1, -0.05) is 12.1 Å². The van der Waals surface area contributed by atoms with Crippen molar-refractivity contribution in [2.24, 2.45) is 0 Å². The van der Waals surface area contributed by atoms with E-state index >= 15 is 0 Å². The van der Waals surface area contributed by atoms with E-state index in [9.17, 15) is 14.0 Å². The zero-order valence-electron chi connectivity index (χ0n) is 17.9. The van der Waals surface area contributed by atoms with Gasteiger partial charge in [-0.25, -0.2) is 9.07 Å². The molecule has 8 heteroatoms. The van der Waals surface area contributed by atoms with Crippen molar-refractivity contribution >= 4 is 17.5 Å². The smallest absolute Gasteiger partial charge is 0.279 e. The van der Waals surface area contributed by atoms with Crippen LogP contribution in [0.4, 0.5) is 10.1 Å². The van der Waals surface area contributed by atoms with Gasteiger partial charge in [-0.2, -0.15) is 5.10 Å². The predicted molar refractivity (Wildman–Crippen MR) is 117 cm³/mol. The fraction of sp³-hybridized carbons (Fsp3) is 0.292. The third-order valence-corrected chi connectivity index (χ3v) is 5.94. The van der Waals surface area contributed by atoms with Crippen molar-refractivity contribution in [1.82, 2.24) is 14.7 Å². The summed E-state index contributed by atoms with van der Waals surface area (Å²) < 4.78 is 21.1. The fourth-order valence-corrected chi connectivity index (χ4v) is 4.38. The predicted octanol–water partition coefficient (Wildman–Crippen LogP) is 3.00. The molecule has 2 amide bonds. The molecule has 0 radical (unpaired) electrons. The molecule has 0 N–H and O–H groups in total. The van der Waals surface area contributed by atoms with Crippen molar-refractivity contribution in [2.45, 2.75) is 25.4 Å². The highest BCUT2D eigenvalue weighted by molar-refractivity contribution is 6.07. The van der Waals surface area contributed by atoms with Gasteiger partial charge in [0.15, 0.2) is 11.8 Å². The third-order valence-electron chi connectivity index (χ3n) is 5.94. The van der Waals surface area contributed by atoms with Crippen molar-refractivity contribution in [3.8, 4) is 11.4 Å². The minimum Gasteiger partial charge on any atom is -0.476 e. The summed E-state index contributed by atoms with van der Waals surface area (Å²) in [7, 11) is 3.32. The number of carbonyl (C=O) groups is 2. The molecule has 1 aliphatic carbocycles.